The Balaban J connectivity index is 1.77. The van der Waals surface area contributed by atoms with E-state index in [1.165, 1.54) is 11.3 Å². The van der Waals surface area contributed by atoms with Crippen LogP contribution in [0.3, 0.4) is 0 Å². The summed E-state index contributed by atoms with van der Waals surface area (Å²) in [6.07, 6.45) is 1.58. The fourth-order valence-corrected chi connectivity index (χ4v) is 3.59. The van der Waals surface area contributed by atoms with Gasteiger partial charge in [0.1, 0.15) is 9.88 Å². The molecular formula is C16H16N2O3S. The Morgan fingerprint density at radius 1 is 1.27 bits per heavy atom. The molecule has 1 aromatic carbocycles. The van der Waals surface area contributed by atoms with Gasteiger partial charge in [-0.1, -0.05) is 37.3 Å². The molecule has 5 nitrogen and oxygen atoms in total. The van der Waals surface area contributed by atoms with Gasteiger partial charge in [-0.25, -0.2) is 4.98 Å². The fraction of sp³-hybridized carbons (Fsp3) is 0.312. The third-order valence-corrected chi connectivity index (χ3v) is 4.99. The largest absolute Gasteiger partial charge is 0.481 e. The average Bonchev–Trinajstić information content (AvgIpc) is 3.14. The van der Waals surface area contributed by atoms with Gasteiger partial charge in [-0.05, 0) is 5.92 Å². The molecule has 1 amide bonds. The minimum absolute atomic E-state index is 0.0250. The molecule has 1 aliphatic rings. The molecule has 0 unspecified atom stereocenters. The van der Waals surface area contributed by atoms with Crippen LogP contribution in [0.2, 0.25) is 0 Å². The number of benzene rings is 1. The molecule has 2 atom stereocenters. The minimum Gasteiger partial charge on any atom is -0.481 e. The van der Waals surface area contributed by atoms with Crippen molar-refractivity contribution in [1.82, 2.24) is 9.88 Å². The number of aliphatic carboxylic acids is 1. The van der Waals surface area contributed by atoms with Gasteiger partial charge in [-0.2, -0.15) is 0 Å². The Kier molecular flexibility index (Phi) is 3.94. The maximum Gasteiger partial charge on any atom is 0.308 e. The molecule has 3 rings (SSSR count). The number of amides is 1. The number of carbonyl (C=O) groups is 2. The molecule has 6 heteroatoms. The molecule has 2 heterocycles. The normalized spacial score (nSPS) is 21.0. The summed E-state index contributed by atoms with van der Waals surface area (Å²) in [5.41, 5.74) is 0.977. The van der Waals surface area contributed by atoms with E-state index in [1.807, 2.05) is 37.3 Å². The van der Waals surface area contributed by atoms with Crippen molar-refractivity contribution < 1.29 is 14.7 Å². The summed E-state index contributed by atoms with van der Waals surface area (Å²) in [5, 5.41) is 9.96. The van der Waals surface area contributed by atoms with Gasteiger partial charge in [0.05, 0.1) is 12.1 Å². The second-order valence-electron chi connectivity index (χ2n) is 5.53. The van der Waals surface area contributed by atoms with E-state index in [-0.39, 0.29) is 18.4 Å². The summed E-state index contributed by atoms with van der Waals surface area (Å²) in [4.78, 5) is 30.1. The smallest absolute Gasteiger partial charge is 0.308 e. The molecule has 0 aliphatic carbocycles. The number of nitrogens with zero attached hydrogens (tertiary/aromatic N) is 2. The standard InChI is InChI=1S/C16H16N2O3S/c1-10-8-18(9-12(10)16(20)21)15(19)13-7-17-14(22-13)11-5-3-2-4-6-11/h2-7,10,12H,8-9H2,1H3,(H,20,21)/t10-,12-/m1/s1. The maximum atomic E-state index is 12.5. The average molecular weight is 316 g/mol. The number of carbonyl (C=O) groups excluding carboxylic acids is 1. The van der Waals surface area contributed by atoms with E-state index in [4.69, 9.17) is 5.11 Å². The topological polar surface area (TPSA) is 70.5 Å². The quantitative estimate of drug-likeness (QED) is 0.945. The van der Waals surface area contributed by atoms with Crippen LogP contribution in [0.4, 0.5) is 0 Å². The van der Waals surface area contributed by atoms with E-state index in [0.29, 0.717) is 11.4 Å². The third-order valence-electron chi connectivity index (χ3n) is 3.95. The first-order valence-corrected chi connectivity index (χ1v) is 7.91. The second-order valence-corrected chi connectivity index (χ2v) is 6.56. The lowest BCUT2D eigenvalue weighted by Crippen LogP contribution is -2.29. The highest BCUT2D eigenvalue weighted by atomic mass is 32.1. The van der Waals surface area contributed by atoms with Crippen molar-refractivity contribution in [1.29, 1.82) is 0 Å². The highest BCUT2D eigenvalue weighted by molar-refractivity contribution is 7.16. The lowest BCUT2D eigenvalue weighted by atomic mass is 9.99. The number of hydrogen-bond acceptors (Lipinski definition) is 4. The molecule has 0 bridgehead atoms. The molecule has 1 aromatic heterocycles. The number of rotatable bonds is 3. The van der Waals surface area contributed by atoms with Crippen molar-refractivity contribution in [3.63, 3.8) is 0 Å². The number of likely N-dealkylation sites (tertiary alicyclic amines) is 1. The first-order valence-electron chi connectivity index (χ1n) is 7.09. The zero-order valence-electron chi connectivity index (χ0n) is 12.1. The highest BCUT2D eigenvalue weighted by Crippen LogP contribution is 2.29. The van der Waals surface area contributed by atoms with Crippen molar-refractivity contribution >= 4 is 23.2 Å². The van der Waals surface area contributed by atoms with Crippen LogP contribution in [0, 0.1) is 11.8 Å². The van der Waals surface area contributed by atoms with Crippen molar-refractivity contribution in [2.45, 2.75) is 6.92 Å². The van der Waals surface area contributed by atoms with Crippen LogP contribution in [0.1, 0.15) is 16.6 Å². The van der Waals surface area contributed by atoms with Gasteiger partial charge in [0, 0.05) is 18.7 Å². The van der Waals surface area contributed by atoms with Crippen LogP contribution in [0.15, 0.2) is 36.5 Å². The zero-order valence-corrected chi connectivity index (χ0v) is 12.9. The summed E-state index contributed by atoms with van der Waals surface area (Å²) in [6, 6.07) is 9.69. The Labute approximate surface area is 132 Å². The first kappa shape index (κ1) is 14.7. The molecule has 1 fully saturated rings. The van der Waals surface area contributed by atoms with Gasteiger partial charge in [0.2, 0.25) is 0 Å². The van der Waals surface area contributed by atoms with Crippen molar-refractivity contribution in [2.75, 3.05) is 13.1 Å². The van der Waals surface area contributed by atoms with Gasteiger partial charge < -0.3 is 10.0 Å². The van der Waals surface area contributed by atoms with E-state index in [9.17, 15) is 9.59 Å². The molecule has 1 aliphatic heterocycles. The third kappa shape index (κ3) is 2.74. The lowest BCUT2D eigenvalue weighted by molar-refractivity contribution is -0.142. The molecule has 2 aromatic rings. The number of hydrogen-bond donors (Lipinski definition) is 1. The van der Waals surface area contributed by atoms with Gasteiger partial charge in [0.25, 0.3) is 5.91 Å². The van der Waals surface area contributed by atoms with Crippen LogP contribution in [0.5, 0.6) is 0 Å². The minimum atomic E-state index is -0.836. The maximum absolute atomic E-state index is 12.5. The fourth-order valence-electron chi connectivity index (χ4n) is 2.70. The van der Waals surface area contributed by atoms with Gasteiger partial charge in [-0.3, -0.25) is 9.59 Å². The van der Waals surface area contributed by atoms with E-state index in [2.05, 4.69) is 4.98 Å². The van der Waals surface area contributed by atoms with E-state index in [0.717, 1.165) is 10.6 Å². The zero-order chi connectivity index (χ0) is 15.7. The van der Waals surface area contributed by atoms with Crippen LogP contribution < -0.4 is 0 Å². The Bertz CT molecular complexity index is 698. The molecule has 0 saturated carbocycles. The van der Waals surface area contributed by atoms with Crippen molar-refractivity contribution in [3.8, 4) is 10.6 Å². The van der Waals surface area contributed by atoms with Crippen molar-refractivity contribution in [3.05, 3.63) is 41.4 Å². The van der Waals surface area contributed by atoms with Crippen LogP contribution in [0.25, 0.3) is 10.6 Å². The van der Waals surface area contributed by atoms with Crippen molar-refractivity contribution in [2.24, 2.45) is 11.8 Å². The van der Waals surface area contributed by atoms with E-state index < -0.39 is 11.9 Å². The Hall–Kier alpha value is -2.21. The molecule has 1 N–H and O–H groups in total. The predicted molar refractivity (Wildman–Crippen MR) is 83.7 cm³/mol. The first-order chi connectivity index (χ1) is 10.6. The summed E-state index contributed by atoms with van der Waals surface area (Å²) in [5.74, 6) is -1.47. The lowest BCUT2D eigenvalue weighted by Gasteiger charge is -2.14. The number of carboxylic acids is 1. The molecule has 0 radical (unpaired) electrons. The van der Waals surface area contributed by atoms with Crippen LogP contribution >= 0.6 is 11.3 Å². The van der Waals surface area contributed by atoms with Gasteiger partial charge in [-0.15, -0.1) is 11.3 Å². The van der Waals surface area contributed by atoms with E-state index >= 15 is 0 Å². The molecule has 22 heavy (non-hydrogen) atoms. The van der Waals surface area contributed by atoms with Gasteiger partial charge >= 0.3 is 5.97 Å². The highest BCUT2D eigenvalue weighted by Gasteiger charge is 2.37. The van der Waals surface area contributed by atoms with Crippen LogP contribution in [-0.2, 0) is 4.79 Å². The summed E-state index contributed by atoms with van der Waals surface area (Å²) in [7, 11) is 0. The summed E-state index contributed by atoms with van der Waals surface area (Å²) < 4.78 is 0. The number of aromatic nitrogens is 1. The number of thiazole rings is 1. The molecule has 114 valence electrons. The van der Waals surface area contributed by atoms with E-state index in [1.54, 1.807) is 11.1 Å². The SMILES string of the molecule is C[C@@H]1CN(C(=O)c2cnc(-c3ccccc3)s2)C[C@H]1C(=O)O. The molecule has 0 spiro atoms. The Morgan fingerprint density at radius 2 is 2.00 bits per heavy atom. The summed E-state index contributed by atoms with van der Waals surface area (Å²) in [6.45, 7) is 2.62. The van der Waals surface area contributed by atoms with Gasteiger partial charge in [0.15, 0.2) is 0 Å². The number of carboxylic acid groups (broad SMARTS) is 1. The van der Waals surface area contributed by atoms with Crippen LogP contribution in [-0.4, -0.2) is 40.0 Å². The second kappa shape index (κ2) is 5.88. The summed E-state index contributed by atoms with van der Waals surface area (Å²) >= 11 is 1.34. The monoisotopic (exact) mass is 316 g/mol. The molecule has 1 saturated heterocycles. The predicted octanol–water partition coefficient (Wildman–Crippen LogP) is 2.60. The molecular weight excluding hydrogens is 300 g/mol. The Morgan fingerprint density at radius 3 is 2.64 bits per heavy atom.